The van der Waals surface area contributed by atoms with Gasteiger partial charge in [0.25, 0.3) is 0 Å². The van der Waals surface area contributed by atoms with E-state index in [0.29, 0.717) is 0 Å². The molecule has 2 aromatic carbocycles. The van der Waals surface area contributed by atoms with Gasteiger partial charge in [0.05, 0.1) is 0 Å². The van der Waals surface area contributed by atoms with Crippen LogP contribution in [0.25, 0.3) is 11.1 Å². The summed E-state index contributed by atoms with van der Waals surface area (Å²) in [5, 5.41) is 0. The van der Waals surface area contributed by atoms with Gasteiger partial charge in [-0.25, -0.2) is 0 Å². The average Bonchev–Trinajstić information content (AvgIpc) is 2.47. The summed E-state index contributed by atoms with van der Waals surface area (Å²) in [6, 6.07) is 17.3. The highest BCUT2D eigenvalue weighted by Gasteiger charge is 2.25. The number of rotatable bonds is 1. The first kappa shape index (κ1) is 14.8. The largest absolute Gasteiger partial charge is 0.399 e. The predicted octanol–water partition coefficient (Wildman–Crippen LogP) is 4.66. The SMILES string of the molecule is FC(F)(F)CC#CC#Cc1ccc(-c2ccccc2)cc1. The molecule has 0 aliphatic heterocycles. The molecule has 0 saturated carbocycles. The standard InChI is InChI=1S/C18H11F3/c19-18(20,21)14-6-2-3-7-15-10-12-17(13-11-15)16-8-4-1-5-9-16/h1,4-5,8-13H,14H2. The second-order valence-electron chi connectivity index (χ2n) is 4.29. The van der Waals surface area contributed by atoms with Crippen LogP contribution in [0.1, 0.15) is 12.0 Å². The van der Waals surface area contributed by atoms with Crippen LogP contribution < -0.4 is 0 Å². The van der Waals surface area contributed by atoms with Gasteiger partial charge in [0.2, 0.25) is 0 Å². The Morgan fingerprint density at radius 1 is 0.762 bits per heavy atom. The summed E-state index contributed by atoms with van der Waals surface area (Å²) in [4.78, 5) is 0. The second-order valence-corrected chi connectivity index (χ2v) is 4.29. The Hall–Kier alpha value is -2.65. The monoisotopic (exact) mass is 284 g/mol. The Labute approximate surface area is 121 Å². The Bertz CT molecular complexity index is 703. The third-order valence-corrected chi connectivity index (χ3v) is 2.64. The minimum absolute atomic E-state index is 0.719. The second kappa shape index (κ2) is 6.68. The Kier molecular flexibility index (Phi) is 4.69. The maximum absolute atomic E-state index is 11.9. The molecular weight excluding hydrogens is 273 g/mol. The molecule has 0 aliphatic rings. The molecule has 0 N–H and O–H groups in total. The zero-order chi connectivity index (χ0) is 15.1. The first-order valence-corrected chi connectivity index (χ1v) is 6.26. The summed E-state index contributed by atoms with van der Waals surface area (Å²) in [5.74, 6) is 9.33. The molecule has 0 heterocycles. The minimum atomic E-state index is -4.26. The summed E-state index contributed by atoms with van der Waals surface area (Å²) in [7, 11) is 0. The Morgan fingerprint density at radius 3 is 2.00 bits per heavy atom. The molecule has 0 bridgehead atoms. The molecule has 0 aliphatic carbocycles. The molecule has 0 nitrogen and oxygen atoms in total. The van der Waals surface area contributed by atoms with Gasteiger partial charge in [0.1, 0.15) is 6.42 Å². The van der Waals surface area contributed by atoms with Crippen molar-refractivity contribution >= 4 is 0 Å². The van der Waals surface area contributed by atoms with Crippen molar-refractivity contribution in [3.05, 3.63) is 60.2 Å². The van der Waals surface area contributed by atoms with E-state index in [1.807, 2.05) is 60.5 Å². The van der Waals surface area contributed by atoms with E-state index in [-0.39, 0.29) is 0 Å². The number of hydrogen-bond acceptors (Lipinski definition) is 0. The molecule has 104 valence electrons. The van der Waals surface area contributed by atoms with E-state index in [1.165, 1.54) is 0 Å². The molecule has 0 aromatic heterocycles. The van der Waals surface area contributed by atoms with Crippen molar-refractivity contribution < 1.29 is 13.2 Å². The number of halogens is 3. The first-order valence-electron chi connectivity index (χ1n) is 6.26. The topological polar surface area (TPSA) is 0 Å². The molecule has 2 rings (SSSR count). The zero-order valence-electron chi connectivity index (χ0n) is 11.0. The van der Waals surface area contributed by atoms with Crippen molar-refractivity contribution in [3.8, 4) is 34.8 Å². The molecule has 21 heavy (non-hydrogen) atoms. The number of hydrogen-bond donors (Lipinski definition) is 0. The number of benzene rings is 2. The highest BCUT2D eigenvalue weighted by atomic mass is 19.4. The normalized spacial score (nSPS) is 10.0. The fourth-order valence-electron chi connectivity index (χ4n) is 1.67. The van der Waals surface area contributed by atoms with Crippen molar-refractivity contribution in [1.82, 2.24) is 0 Å². The van der Waals surface area contributed by atoms with Gasteiger partial charge in [-0.05, 0) is 35.1 Å². The smallest absolute Gasteiger partial charge is 0.170 e. The fraction of sp³-hybridized carbons (Fsp3) is 0.111. The van der Waals surface area contributed by atoms with Crippen LogP contribution in [0.15, 0.2) is 54.6 Å². The lowest BCUT2D eigenvalue weighted by Crippen LogP contribution is -2.04. The summed E-state index contributed by atoms with van der Waals surface area (Å²) in [6.45, 7) is 0. The van der Waals surface area contributed by atoms with E-state index >= 15 is 0 Å². The van der Waals surface area contributed by atoms with E-state index in [9.17, 15) is 13.2 Å². The predicted molar refractivity (Wildman–Crippen MR) is 77.2 cm³/mol. The molecule has 0 atom stereocenters. The van der Waals surface area contributed by atoms with E-state index in [4.69, 9.17) is 0 Å². The van der Waals surface area contributed by atoms with Crippen LogP contribution in [-0.4, -0.2) is 6.18 Å². The van der Waals surface area contributed by atoms with Crippen LogP contribution in [0.4, 0.5) is 13.2 Å². The highest BCUT2D eigenvalue weighted by Crippen LogP contribution is 2.19. The van der Waals surface area contributed by atoms with Crippen LogP contribution in [-0.2, 0) is 0 Å². The van der Waals surface area contributed by atoms with Crippen molar-refractivity contribution in [3.63, 3.8) is 0 Å². The van der Waals surface area contributed by atoms with Gasteiger partial charge in [0.15, 0.2) is 0 Å². The van der Waals surface area contributed by atoms with Crippen molar-refractivity contribution in [1.29, 1.82) is 0 Å². The lowest BCUT2D eigenvalue weighted by molar-refractivity contribution is -0.123. The zero-order valence-corrected chi connectivity index (χ0v) is 11.0. The molecule has 0 fully saturated rings. The maximum Gasteiger partial charge on any atom is 0.399 e. The molecule has 2 aromatic rings. The third-order valence-electron chi connectivity index (χ3n) is 2.64. The maximum atomic E-state index is 11.9. The van der Waals surface area contributed by atoms with E-state index in [1.54, 1.807) is 0 Å². The third kappa shape index (κ3) is 5.09. The molecular formula is C18H11F3. The highest BCUT2D eigenvalue weighted by molar-refractivity contribution is 5.64. The molecule has 0 amide bonds. The van der Waals surface area contributed by atoms with Gasteiger partial charge < -0.3 is 0 Å². The van der Waals surface area contributed by atoms with Gasteiger partial charge in [-0.15, -0.1) is 0 Å². The van der Waals surface area contributed by atoms with Crippen molar-refractivity contribution in [2.24, 2.45) is 0 Å². The fourth-order valence-corrected chi connectivity index (χ4v) is 1.67. The molecule has 0 unspecified atom stereocenters. The van der Waals surface area contributed by atoms with Gasteiger partial charge >= 0.3 is 6.18 Å². The average molecular weight is 284 g/mol. The van der Waals surface area contributed by atoms with E-state index in [2.05, 4.69) is 17.8 Å². The number of alkyl halides is 3. The van der Waals surface area contributed by atoms with Crippen molar-refractivity contribution in [2.45, 2.75) is 12.6 Å². The van der Waals surface area contributed by atoms with Gasteiger partial charge in [-0.2, -0.15) is 13.2 Å². The van der Waals surface area contributed by atoms with Crippen LogP contribution in [0.3, 0.4) is 0 Å². The van der Waals surface area contributed by atoms with E-state index < -0.39 is 12.6 Å². The minimum Gasteiger partial charge on any atom is -0.170 e. The lowest BCUT2D eigenvalue weighted by Gasteiger charge is -2.00. The van der Waals surface area contributed by atoms with Crippen LogP contribution in [0, 0.1) is 23.7 Å². The van der Waals surface area contributed by atoms with Crippen LogP contribution in [0.2, 0.25) is 0 Å². The molecule has 0 spiro atoms. The molecule has 0 radical (unpaired) electrons. The van der Waals surface area contributed by atoms with Gasteiger partial charge in [-0.1, -0.05) is 54.3 Å². The first-order chi connectivity index (χ1) is 10.0. The summed E-state index contributed by atoms with van der Waals surface area (Å²) < 4.78 is 35.6. The van der Waals surface area contributed by atoms with Crippen LogP contribution >= 0.6 is 0 Å². The van der Waals surface area contributed by atoms with E-state index in [0.717, 1.165) is 16.7 Å². The molecule has 3 heteroatoms. The summed E-state index contributed by atoms with van der Waals surface area (Å²) >= 11 is 0. The van der Waals surface area contributed by atoms with Gasteiger partial charge in [-0.3, -0.25) is 0 Å². The Balaban J connectivity index is 2.04. The summed E-state index contributed by atoms with van der Waals surface area (Å²) in [5.41, 5.74) is 2.88. The van der Waals surface area contributed by atoms with Gasteiger partial charge in [0, 0.05) is 5.56 Å². The quantitative estimate of drug-likeness (QED) is 0.668. The molecule has 0 saturated heterocycles. The van der Waals surface area contributed by atoms with Crippen molar-refractivity contribution in [2.75, 3.05) is 0 Å². The lowest BCUT2D eigenvalue weighted by atomic mass is 10.0. The summed E-state index contributed by atoms with van der Waals surface area (Å²) in [6.07, 6.45) is -5.39. The Morgan fingerprint density at radius 2 is 1.38 bits per heavy atom. The van der Waals surface area contributed by atoms with Crippen LogP contribution in [0.5, 0.6) is 0 Å².